The number of benzene rings is 3. The molecule has 1 aliphatic carbocycles. The van der Waals surface area contributed by atoms with Crippen LogP contribution in [0.1, 0.15) is 22.6 Å². The van der Waals surface area contributed by atoms with E-state index in [0.29, 0.717) is 5.56 Å². The Labute approximate surface area is 173 Å². The molecule has 0 radical (unpaired) electrons. The second-order valence-corrected chi connectivity index (χ2v) is 7.18. The van der Waals surface area contributed by atoms with Crippen molar-refractivity contribution in [3.8, 4) is 11.1 Å². The quantitative estimate of drug-likeness (QED) is 0.685. The molecule has 0 saturated heterocycles. The first-order valence-corrected chi connectivity index (χ1v) is 9.59. The summed E-state index contributed by atoms with van der Waals surface area (Å²) < 4.78 is 18.7. The molecular weight excluding hydrogens is 385 g/mol. The van der Waals surface area contributed by atoms with E-state index in [9.17, 15) is 19.1 Å². The molecule has 0 saturated carbocycles. The lowest BCUT2D eigenvalue weighted by Crippen LogP contribution is -2.49. The molecule has 1 N–H and O–H groups in total. The number of carbonyl (C=O) groups excluding carboxylic acids is 2. The lowest BCUT2D eigenvalue weighted by atomic mass is 9.98. The van der Waals surface area contributed by atoms with Gasteiger partial charge in [0, 0.05) is 5.92 Å². The number of aliphatic carboxylic acids is 1. The molecule has 5 nitrogen and oxygen atoms in total. The van der Waals surface area contributed by atoms with Crippen LogP contribution < -0.4 is 10.4 Å². The van der Waals surface area contributed by atoms with Crippen molar-refractivity contribution in [3.63, 3.8) is 0 Å². The standard InChI is InChI=1S/C24H20FNO4/c25-16-7-5-6-15(12-16)13-22(23(27)28)26-24(29)30-14-21-19-10-3-1-8-17(19)18-9-2-4-11-20(18)21/h1-12,21-22H,13-14H2,(H,26,29)(H,27,28)/p-1/t22-/m0/s1. The molecule has 1 amide bonds. The van der Waals surface area contributed by atoms with Gasteiger partial charge in [0.25, 0.3) is 0 Å². The van der Waals surface area contributed by atoms with Crippen molar-refractivity contribution < 1.29 is 23.8 Å². The molecule has 0 aromatic heterocycles. The van der Waals surface area contributed by atoms with Crippen LogP contribution in [-0.2, 0) is 16.0 Å². The van der Waals surface area contributed by atoms with Gasteiger partial charge in [0.15, 0.2) is 0 Å². The highest BCUT2D eigenvalue weighted by atomic mass is 19.1. The fourth-order valence-electron chi connectivity index (χ4n) is 3.88. The zero-order chi connectivity index (χ0) is 21.1. The first kappa shape index (κ1) is 19.6. The largest absolute Gasteiger partial charge is 0.548 e. The van der Waals surface area contributed by atoms with Crippen LogP contribution in [0.2, 0.25) is 0 Å². The summed E-state index contributed by atoms with van der Waals surface area (Å²) in [6.45, 7) is 0.0690. The Kier molecular flexibility index (Phi) is 5.48. The monoisotopic (exact) mass is 404 g/mol. The summed E-state index contributed by atoms with van der Waals surface area (Å²) in [5.41, 5.74) is 4.75. The van der Waals surface area contributed by atoms with Crippen molar-refractivity contribution in [2.45, 2.75) is 18.4 Å². The van der Waals surface area contributed by atoms with Gasteiger partial charge in [-0.15, -0.1) is 0 Å². The van der Waals surface area contributed by atoms with Crippen molar-refractivity contribution in [2.24, 2.45) is 0 Å². The molecule has 1 aliphatic rings. The van der Waals surface area contributed by atoms with Crippen molar-refractivity contribution in [3.05, 3.63) is 95.3 Å². The predicted molar refractivity (Wildman–Crippen MR) is 107 cm³/mol. The number of alkyl carbamates (subject to hydrolysis) is 1. The molecule has 1 atom stereocenters. The highest BCUT2D eigenvalue weighted by Gasteiger charge is 2.29. The molecule has 0 unspecified atom stereocenters. The maximum absolute atomic E-state index is 13.3. The molecule has 6 heteroatoms. The molecule has 0 aliphatic heterocycles. The number of fused-ring (bicyclic) bond motifs is 3. The van der Waals surface area contributed by atoms with E-state index in [0.717, 1.165) is 22.3 Å². The Balaban J connectivity index is 1.43. The Hall–Kier alpha value is -3.67. The average molecular weight is 404 g/mol. The number of amides is 1. The molecule has 0 fully saturated rings. The summed E-state index contributed by atoms with van der Waals surface area (Å²) >= 11 is 0. The number of carbonyl (C=O) groups is 2. The number of ether oxygens (including phenoxy) is 1. The smallest absolute Gasteiger partial charge is 0.407 e. The van der Waals surface area contributed by atoms with Gasteiger partial charge in [-0.3, -0.25) is 0 Å². The van der Waals surface area contributed by atoms with E-state index in [2.05, 4.69) is 5.32 Å². The Bertz CT molecular complexity index is 1050. The van der Waals surface area contributed by atoms with Crippen LogP contribution in [0.25, 0.3) is 11.1 Å². The Morgan fingerprint density at radius 1 is 0.967 bits per heavy atom. The zero-order valence-electron chi connectivity index (χ0n) is 16.0. The number of nitrogens with one attached hydrogen (secondary N) is 1. The second-order valence-electron chi connectivity index (χ2n) is 7.18. The van der Waals surface area contributed by atoms with Gasteiger partial charge in [-0.2, -0.15) is 0 Å². The van der Waals surface area contributed by atoms with Gasteiger partial charge in [0.05, 0.1) is 12.0 Å². The number of carboxylic acids is 1. The second kappa shape index (κ2) is 8.37. The normalized spacial score (nSPS) is 13.2. The molecule has 0 heterocycles. The van der Waals surface area contributed by atoms with Crippen LogP contribution in [0.15, 0.2) is 72.8 Å². The summed E-state index contributed by atoms with van der Waals surface area (Å²) in [7, 11) is 0. The van der Waals surface area contributed by atoms with Crippen LogP contribution in [-0.4, -0.2) is 24.7 Å². The highest BCUT2D eigenvalue weighted by molar-refractivity contribution is 5.80. The van der Waals surface area contributed by atoms with Gasteiger partial charge in [-0.25, -0.2) is 9.18 Å². The number of rotatable bonds is 6. The van der Waals surface area contributed by atoms with Gasteiger partial charge in [0.1, 0.15) is 12.4 Å². The van der Waals surface area contributed by atoms with Gasteiger partial charge in [0.2, 0.25) is 0 Å². The van der Waals surface area contributed by atoms with Crippen LogP contribution in [0.4, 0.5) is 9.18 Å². The zero-order valence-corrected chi connectivity index (χ0v) is 16.0. The van der Waals surface area contributed by atoms with E-state index in [1.165, 1.54) is 18.2 Å². The topological polar surface area (TPSA) is 78.5 Å². The van der Waals surface area contributed by atoms with Crippen LogP contribution in [0, 0.1) is 5.82 Å². The van der Waals surface area contributed by atoms with Gasteiger partial charge in [-0.05, 0) is 46.4 Å². The maximum Gasteiger partial charge on any atom is 0.407 e. The number of halogens is 1. The summed E-state index contributed by atoms with van der Waals surface area (Å²) in [6, 6.07) is 20.0. The summed E-state index contributed by atoms with van der Waals surface area (Å²) in [5, 5.41) is 13.7. The fraction of sp³-hybridized carbons (Fsp3) is 0.167. The Morgan fingerprint density at radius 3 is 2.20 bits per heavy atom. The van der Waals surface area contributed by atoms with Crippen LogP contribution in [0.5, 0.6) is 0 Å². The highest BCUT2D eigenvalue weighted by Crippen LogP contribution is 2.44. The third-order valence-electron chi connectivity index (χ3n) is 5.25. The third-order valence-corrected chi connectivity index (χ3v) is 5.25. The first-order chi connectivity index (χ1) is 14.5. The minimum Gasteiger partial charge on any atom is -0.548 e. The molecule has 30 heavy (non-hydrogen) atoms. The van der Waals surface area contributed by atoms with Crippen LogP contribution >= 0.6 is 0 Å². The van der Waals surface area contributed by atoms with E-state index in [1.54, 1.807) is 6.07 Å². The average Bonchev–Trinajstić information content (AvgIpc) is 3.06. The summed E-state index contributed by atoms with van der Waals surface area (Å²) in [6.07, 6.45) is -0.966. The van der Waals surface area contributed by atoms with Gasteiger partial charge in [-0.1, -0.05) is 60.7 Å². The van der Waals surface area contributed by atoms with Crippen LogP contribution in [0.3, 0.4) is 0 Å². The summed E-state index contributed by atoms with van der Waals surface area (Å²) in [4.78, 5) is 23.7. The molecule has 3 aromatic carbocycles. The molecule has 3 aromatic rings. The van der Waals surface area contributed by atoms with E-state index in [-0.39, 0.29) is 18.9 Å². The van der Waals surface area contributed by atoms with E-state index in [4.69, 9.17) is 4.74 Å². The van der Waals surface area contributed by atoms with Crippen molar-refractivity contribution >= 4 is 12.1 Å². The fourth-order valence-corrected chi connectivity index (χ4v) is 3.88. The summed E-state index contributed by atoms with van der Waals surface area (Å²) in [5.74, 6) is -2.08. The van der Waals surface area contributed by atoms with Gasteiger partial charge < -0.3 is 20.0 Å². The van der Waals surface area contributed by atoms with Crippen molar-refractivity contribution in [1.29, 1.82) is 0 Å². The lowest BCUT2D eigenvalue weighted by Gasteiger charge is -2.21. The third kappa shape index (κ3) is 4.03. The molecular formula is C24H19FNO4-. The minimum atomic E-state index is -1.47. The first-order valence-electron chi connectivity index (χ1n) is 9.59. The molecule has 152 valence electrons. The Morgan fingerprint density at radius 2 is 1.60 bits per heavy atom. The molecule has 0 spiro atoms. The minimum absolute atomic E-state index is 0.0690. The van der Waals surface area contributed by atoms with E-state index < -0.39 is 23.9 Å². The van der Waals surface area contributed by atoms with Crippen molar-refractivity contribution in [2.75, 3.05) is 6.61 Å². The van der Waals surface area contributed by atoms with Gasteiger partial charge >= 0.3 is 6.09 Å². The number of carboxylic acid groups (broad SMARTS) is 1. The lowest BCUT2D eigenvalue weighted by molar-refractivity contribution is -0.308. The van der Waals surface area contributed by atoms with E-state index >= 15 is 0 Å². The maximum atomic E-state index is 13.3. The van der Waals surface area contributed by atoms with E-state index in [1.807, 2.05) is 48.5 Å². The molecule has 4 rings (SSSR count). The SMILES string of the molecule is O=C(N[C@@H](Cc1cccc(F)c1)C(=O)[O-])OCC1c2ccccc2-c2ccccc21. The molecule has 0 bridgehead atoms. The van der Waals surface area contributed by atoms with Crippen molar-refractivity contribution in [1.82, 2.24) is 5.32 Å². The number of hydrogen-bond donors (Lipinski definition) is 1. The predicted octanol–water partition coefficient (Wildman–Crippen LogP) is 3.03. The number of hydrogen-bond acceptors (Lipinski definition) is 4.